The van der Waals surface area contributed by atoms with Crippen LogP contribution in [0.4, 0.5) is 0 Å². The fraction of sp³-hybridized carbons (Fsp3) is 0.250. The van der Waals surface area contributed by atoms with E-state index in [-0.39, 0.29) is 0 Å². The van der Waals surface area contributed by atoms with E-state index >= 15 is 0 Å². The van der Waals surface area contributed by atoms with E-state index in [2.05, 4.69) is 4.98 Å². The van der Waals surface area contributed by atoms with E-state index in [1.165, 1.54) is 18.3 Å². The van der Waals surface area contributed by atoms with Gasteiger partial charge in [-0.15, -0.1) is 11.3 Å². The number of aromatic nitrogens is 1. The largest absolute Gasteiger partial charge is 0.481 e. The summed E-state index contributed by atoms with van der Waals surface area (Å²) in [5.74, 6) is -3.24. The van der Waals surface area contributed by atoms with Gasteiger partial charge in [-0.25, -0.2) is 4.98 Å². The lowest BCUT2D eigenvalue weighted by Crippen LogP contribution is -2.30. The zero-order valence-corrected chi connectivity index (χ0v) is 11.6. The maximum Gasteiger partial charge on any atom is 0.317 e. The molecule has 0 saturated carbocycles. The first-order valence-corrected chi connectivity index (χ1v) is 7.16. The van der Waals surface area contributed by atoms with Gasteiger partial charge in [0.15, 0.2) is 4.34 Å². The molecule has 2 unspecified atom stereocenters. The smallest absolute Gasteiger partial charge is 0.317 e. The van der Waals surface area contributed by atoms with Gasteiger partial charge in [-0.05, 0) is 12.1 Å². The molecule has 0 aliphatic carbocycles. The summed E-state index contributed by atoms with van der Waals surface area (Å²) < 4.78 is 1.53. The van der Waals surface area contributed by atoms with Crippen LogP contribution in [0.15, 0.2) is 28.6 Å². The van der Waals surface area contributed by atoms with Gasteiger partial charge in [-0.3, -0.25) is 9.59 Å². The average molecular weight is 297 g/mol. The van der Waals surface area contributed by atoms with Crippen molar-refractivity contribution in [3.8, 4) is 0 Å². The van der Waals surface area contributed by atoms with Crippen LogP contribution in [-0.2, 0) is 9.59 Å². The first-order chi connectivity index (χ1) is 8.99. The zero-order valence-electron chi connectivity index (χ0n) is 9.94. The Bertz CT molecular complexity index is 592. The number of rotatable bonds is 5. The third-order valence-corrected chi connectivity index (χ3v) is 5.12. The molecule has 0 aliphatic rings. The molecule has 2 atom stereocenters. The Labute approximate surface area is 117 Å². The molecule has 100 valence electrons. The third-order valence-electron chi connectivity index (χ3n) is 2.59. The quantitative estimate of drug-likeness (QED) is 0.825. The van der Waals surface area contributed by atoms with Gasteiger partial charge in [-0.1, -0.05) is 30.8 Å². The number of nitrogens with zero attached hydrogens (tertiary/aromatic N) is 1. The number of carbonyl (C=O) groups is 2. The topological polar surface area (TPSA) is 87.5 Å². The van der Waals surface area contributed by atoms with Gasteiger partial charge in [0.25, 0.3) is 0 Å². The fourth-order valence-corrected chi connectivity index (χ4v) is 3.77. The minimum absolute atomic E-state index is 0.571. The summed E-state index contributed by atoms with van der Waals surface area (Å²) in [7, 11) is 0. The summed E-state index contributed by atoms with van der Waals surface area (Å²) in [5.41, 5.74) is 0.794. The van der Waals surface area contributed by atoms with Crippen LogP contribution in [0.5, 0.6) is 0 Å². The van der Waals surface area contributed by atoms with E-state index in [0.29, 0.717) is 4.34 Å². The van der Waals surface area contributed by atoms with Crippen LogP contribution in [-0.4, -0.2) is 32.4 Å². The number of hydrogen-bond acceptors (Lipinski definition) is 5. The zero-order chi connectivity index (χ0) is 14.0. The minimum Gasteiger partial charge on any atom is -0.481 e. The van der Waals surface area contributed by atoms with E-state index in [1.54, 1.807) is 0 Å². The Morgan fingerprint density at radius 1 is 1.26 bits per heavy atom. The monoisotopic (exact) mass is 297 g/mol. The predicted octanol–water partition coefficient (Wildman–Crippen LogP) is 2.56. The lowest BCUT2D eigenvalue weighted by molar-refractivity contribution is -0.146. The Morgan fingerprint density at radius 3 is 2.53 bits per heavy atom. The van der Waals surface area contributed by atoms with E-state index < -0.39 is 23.1 Å². The molecule has 0 radical (unpaired) electrons. The highest BCUT2D eigenvalue weighted by atomic mass is 32.2. The second kappa shape index (κ2) is 5.58. The molecule has 2 rings (SSSR count). The van der Waals surface area contributed by atoms with E-state index in [1.807, 2.05) is 24.3 Å². The predicted molar refractivity (Wildman–Crippen MR) is 73.7 cm³/mol. The molecule has 0 fully saturated rings. The molecule has 1 aromatic carbocycles. The van der Waals surface area contributed by atoms with Crippen molar-refractivity contribution in [2.45, 2.75) is 16.5 Å². The number of thiazole rings is 1. The lowest BCUT2D eigenvalue weighted by Gasteiger charge is -2.14. The lowest BCUT2D eigenvalue weighted by atomic mass is 10.1. The molecule has 2 aromatic rings. The fourth-order valence-electron chi connectivity index (χ4n) is 1.51. The molecule has 2 N–H and O–H groups in total. The number of fused-ring (bicyclic) bond motifs is 1. The maximum absolute atomic E-state index is 11.2. The van der Waals surface area contributed by atoms with E-state index in [0.717, 1.165) is 22.0 Å². The van der Waals surface area contributed by atoms with Crippen LogP contribution in [0.1, 0.15) is 6.92 Å². The molecular formula is C12H11NO4S2. The highest BCUT2D eigenvalue weighted by Crippen LogP contribution is 2.34. The molecule has 0 aliphatic heterocycles. The van der Waals surface area contributed by atoms with Crippen molar-refractivity contribution in [3.05, 3.63) is 24.3 Å². The van der Waals surface area contributed by atoms with Crippen molar-refractivity contribution in [2.24, 2.45) is 5.92 Å². The summed E-state index contributed by atoms with van der Waals surface area (Å²) in [5, 5.41) is 17.0. The Balaban J connectivity index is 2.26. The van der Waals surface area contributed by atoms with Gasteiger partial charge in [0.2, 0.25) is 0 Å². The second-order valence-corrected chi connectivity index (χ2v) is 6.37. The number of carboxylic acid groups (broad SMARTS) is 2. The highest BCUT2D eigenvalue weighted by molar-refractivity contribution is 8.02. The summed E-state index contributed by atoms with van der Waals surface area (Å²) in [6, 6.07) is 7.47. The van der Waals surface area contributed by atoms with Crippen molar-refractivity contribution >= 4 is 45.3 Å². The molecular weight excluding hydrogens is 286 g/mol. The molecule has 19 heavy (non-hydrogen) atoms. The van der Waals surface area contributed by atoms with Crippen molar-refractivity contribution in [2.75, 3.05) is 0 Å². The van der Waals surface area contributed by atoms with Crippen LogP contribution >= 0.6 is 23.1 Å². The maximum atomic E-state index is 11.2. The van der Waals surface area contributed by atoms with Crippen LogP contribution in [0.25, 0.3) is 10.2 Å². The summed E-state index contributed by atoms with van der Waals surface area (Å²) in [4.78, 5) is 26.4. The first kappa shape index (κ1) is 13.8. The van der Waals surface area contributed by atoms with Gasteiger partial charge >= 0.3 is 11.9 Å². The molecule has 7 heteroatoms. The number of para-hydroxylation sites is 1. The molecule has 1 heterocycles. The van der Waals surface area contributed by atoms with E-state index in [4.69, 9.17) is 10.2 Å². The van der Waals surface area contributed by atoms with Gasteiger partial charge in [-0.2, -0.15) is 0 Å². The number of thioether (sulfide) groups is 1. The van der Waals surface area contributed by atoms with Crippen LogP contribution in [0, 0.1) is 5.92 Å². The third kappa shape index (κ3) is 3.05. The molecule has 1 aromatic heterocycles. The molecule has 0 amide bonds. The number of benzene rings is 1. The number of hydrogen-bond donors (Lipinski definition) is 2. The Kier molecular flexibility index (Phi) is 4.06. The SMILES string of the molecule is CC(C(=O)O)C(Sc1nc2ccccc2s1)C(=O)O. The molecule has 5 nitrogen and oxygen atoms in total. The Hall–Kier alpha value is -1.60. The van der Waals surface area contributed by atoms with E-state index in [9.17, 15) is 9.59 Å². The standard InChI is InChI=1S/C12H11NO4S2/c1-6(10(14)15)9(11(16)17)19-12-13-7-4-2-3-5-8(7)18-12/h2-6,9H,1H3,(H,14,15)(H,16,17). The normalized spacial score (nSPS) is 14.2. The average Bonchev–Trinajstić information content (AvgIpc) is 2.77. The van der Waals surface area contributed by atoms with Crippen LogP contribution in [0.3, 0.4) is 0 Å². The Morgan fingerprint density at radius 2 is 1.95 bits per heavy atom. The van der Waals surface area contributed by atoms with Crippen molar-refractivity contribution in [3.63, 3.8) is 0 Å². The van der Waals surface area contributed by atoms with Gasteiger partial charge in [0, 0.05) is 0 Å². The summed E-state index contributed by atoms with van der Waals surface area (Å²) >= 11 is 2.35. The molecule has 0 spiro atoms. The van der Waals surface area contributed by atoms with Gasteiger partial charge in [0.1, 0.15) is 5.25 Å². The summed E-state index contributed by atoms with van der Waals surface area (Å²) in [6.07, 6.45) is 0. The van der Waals surface area contributed by atoms with Gasteiger partial charge < -0.3 is 10.2 Å². The van der Waals surface area contributed by atoms with Crippen LogP contribution < -0.4 is 0 Å². The van der Waals surface area contributed by atoms with Crippen molar-refractivity contribution < 1.29 is 19.8 Å². The molecule has 0 bridgehead atoms. The number of carboxylic acids is 2. The first-order valence-electron chi connectivity index (χ1n) is 5.47. The van der Waals surface area contributed by atoms with Crippen molar-refractivity contribution in [1.29, 1.82) is 0 Å². The summed E-state index contributed by atoms with van der Waals surface area (Å²) in [6.45, 7) is 1.39. The van der Waals surface area contributed by atoms with Crippen LogP contribution in [0.2, 0.25) is 0 Å². The molecule has 0 saturated heterocycles. The second-order valence-electron chi connectivity index (χ2n) is 3.95. The van der Waals surface area contributed by atoms with Crippen molar-refractivity contribution in [1.82, 2.24) is 4.98 Å². The van der Waals surface area contributed by atoms with Gasteiger partial charge in [0.05, 0.1) is 16.1 Å². The minimum atomic E-state index is -1.14. The number of aliphatic carboxylic acids is 2. The highest BCUT2D eigenvalue weighted by Gasteiger charge is 2.31.